The van der Waals surface area contributed by atoms with Crippen molar-refractivity contribution < 1.29 is 0 Å². The van der Waals surface area contributed by atoms with Gasteiger partial charge in [0.1, 0.15) is 5.69 Å². The van der Waals surface area contributed by atoms with Crippen LogP contribution in [0.1, 0.15) is 11.4 Å². The fourth-order valence-corrected chi connectivity index (χ4v) is 1.83. The number of thiazole rings is 1. The molecule has 2 aromatic heterocycles. The molecule has 0 saturated carbocycles. The maximum Gasteiger partial charge on any atom is 0.194 e. The van der Waals surface area contributed by atoms with Gasteiger partial charge in [-0.05, 0) is 12.8 Å². The van der Waals surface area contributed by atoms with E-state index in [2.05, 4.69) is 10.9 Å². The van der Waals surface area contributed by atoms with E-state index in [1.165, 1.54) is 0 Å². The minimum Gasteiger partial charge on any atom is -0.283 e. The van der Waals surface area contributed by atoms with Crippen molar-refractivity contribution in [3.8, 4) is 12.3 Å². The van der Waals surface area contributed by atoms with Gasteiger partial charge in [-0.25, -0.2) is 4.98 Å². The molecule has 0 aliphatic rings. The number of nitrogens with zero attached hydrogens (tertiary/aromatic N) is 2. The normalized spacial score (nSPS) is 10.2. The summed E-state index contributed by atoms with van der Waals surface area (Å²) in [5.41, 5.74) is 1.79. The van der Waals surface area contributed by atoms with Crippen LogP contribution in [0.3, 0.4) is 0 Å². The summed E-state index contributed by atoms with van der Waals surface area (Å²) in [6, 6.07) is 0. The molecule has 11 heavy (non-hydrogen) atoms. The predicted molar refractivity (Wildman–Crippen MR) is 45.7 cm³/mol. The van der Waals surface area contributed by atoms with E-state index in [9.17, 15) is 0 Å². The van der Waals surface area contributed by atoms with Gasteiger partial charge in [-0.3, -0.25) is 4.40 Å². The maximum atomic E-state index is 5.31. The summed E-state index contributed by atoms with van der Waals surface area (Å²) in [4.78, 5) is 5.25. The Morgan fingerprint density at radius 1 is 1.73 bits per heavy atom. The Morgan fingerprint density at radius 3 is 3.27 bits per heavy atom. The molecule has 2 rings (SSSR count). The van der Waals surface area contributed by atoms with E-state index in [1.54, 1.807) is 11.3 Å². The average Bonchev–Trinajstić information content (AvgIpc) is 2.46. The summed E-state index contributed by atoms with van der Waals surface area (Å²) in [5.74, 6) is 2.61. The van der Waals surface area contributed by atoms with E-state index in [0.29, 0.717) is 0 Å². The van der Waals surface area contributed by atoms with E-state index < -0.39 is 0 Å². The Kier molecular flexibility index (Phi) is 1.23. The van der Waals surface area contributed by atoms with Crippen LogP contribution in [-0.2, 0) is 0 Å². The van der Waals surface area contributed by atoms with Crippen LogP contribution in [0.4, 0.5) is 0 Å². The third kappa shape index (κ3) is 0.765. The van der Waals surface area contributed by atoms with Crippen LogP contribution >= 0.6 is 11.3 Å². The molecule has 0 fully saturated rings. The molecule has 0 unspecified atom stereocenters. The summed E-state index contributed by atoms with van der Waals surface area (Å²) in [7, 11) is 0. The topological polar surface area (TPSA) is 17.3 Å². The highest BCUT2D eigenvalue weighted by Crippen LogP contribution is 2.15. The lowest BCUT2D eigenvalue weighted by atomic mass is 10.4. The predicted octanol–water partition coefficient (Wildman–Crippen LogP) is 1.69. The molecule has 0 spiro atoms. The van der Waals surface area contributed by atoms with E-state index in [1.807, 2.05) is 22.9 Å². The molecule has 2 aromatic rings. The number of rotatable bonds is 0. The Morgan fingerprint density at radius 2 is 2.55 bits per heavy atom. The van der Waals surface area contributed by atoms with E-state index in [4.69, 9.17) is 6.42 Å². The molecule has 0 atom stereocenters. The van der Waals surface area contributed by atoms with Gasteiger partial charge in [0, 0.05) is 11.6 Å². The minimum atomic E-state index is 0.862. The molecule has 3 heteroatoms. The highest BCUT2D eigenvalue weighted by atomic mass is 32.1. The number of terminal acetylenes is 1. The second-order valence-electron chi connectivity index (χ2n) is 2.25. The van der Waals surface area contributed by atoms with E-state index in [0.717, 1.165) is 16.3 Å². The third-order valence-corrected chi connectivity index (χ3v) is 2.33. The van der Waals surface area contributed by atoms with E-state index >= 15 is 0 Å². The smallest absolute Gasteiger partial charge is 0.194 e. The molecule has 0 aliphatic carbocycles. The van der Waals surface area contributed by atoms with Crippen molar-refractivity contribution in [1.29, 1.82) is 0 Å². The molecule has 0 radical (unpaired) electrons. The molecule has 0 bridgehead atoms. The van der Waals surface area contributed by atoms with Gasteiger partial charge in [-0.1, -0.05) is 0 Å². The zero-order valence-corrected chi connectivity index (χ0v) is 6.85. The van der Waals surface area contributed by atoms with E-state index in [-0.39, 0.29) is 0 Å². The first kappa shape index (κ1) is 6.44. The molecule has 0 amide bonds. The highest BCUT2D eigenvalue weighted by molar-refractivity contribution is 7.15. The monoisotopic (exact) mass is 162 g/mol. The minimum absolute atomic E-state index is 0.862. The van der Waals surface area contributed by atoms with Crippen molar-refractivity contribution in [2.24, 2.45) is 0 Å². The van der Waals surface area contributed by atoms with Crippen LogP contribution in [0.5, 0.6) is 0 Å². The summed E-state index contributed by atoms with van der Waals surface area (Å²) in [6.45, 7) is 1.93. The lowest BCUT2D eigenvalue weighted by molar-refractivity contribution is 1.19. The van der Waals surface area contributed by atoms with Crippen LogP contribution in [-0.4, -0.2) is 9.38 Å². The SMILES string of the molecule is C#Cc1c(C)nc2sccn12. The average molecular weight is 162 g/mol. The molecular weight excluding hydrogens is 156 g/mol. The summed E-state index contributed by atoms with van der Waals surface area (Å²) in [6.07, 6.45) is 7.25. The van der Waals surface area contributed by atoms with Gasteiger partial charge in [0.05, 0.1) is 5.69 Å². The van der Waals surface area contributed by atoms with Crippen molar-refractivity contribution in [3.05, 3.63) is 23.0 Å². The first-order valence-corrected chi connectivity index (χ1v) is 4.09. The van der Waals surface area contributed by atoms with Gasteiger partial charge in [0.2, 0.25) is 0 Å². The Labute approximate surface area is 68.5 Å². The van der Waals surface area contributed by atoms with Crippen LogP contribution in [0.2, 0.25) is 0 Å². The number of aromatic nitrogens is 2. The van der Waals surface area contributed by atoms with Gasteiger partial charge in [-0.15, -0.1) is 17.8 Å². The number of hydrogen-bond donors (Lipinski definition) is 0. The van der Waals surface area contributed by atoms with Gasteiger partial charge in [0.15, 0.2) is 4.96 Å². The maximum absolute atomic E-state index is 5.31. The lowest BCUT2D eigenvalue weighted by Crippen LogP contribution is -1.82. The zero-order chi connectivity index (χ0) is 7.84. The van der Waals surface area contributed by atoms with Crippen molar-refractivity contribution >= 4 is 16.3 Å². The number of imidazole rings is 1. The summed E-state index contributed by atoms with van der Waals surface area (Å²) >= 11 is 1.59. The largest absolute Gasteiger partial charge is 0.283 e. The zero-order valence-electron chi connectivity index (χ0n) is 6.03. The van der Waals surface area contributed by atoms with Crippen LogP contribution in [0.25, 0.3) is 4.96 Å². The Bertz CT molecular complexity index is 430. The van der Waals surface area contributed by atoms with Gasteiger partial charge in [-0.2, -0.15) is 0 Å². The fourth-order valence-electron chi connectivity index (χ4n) is 1.07. The molecular formula is C8H6N2S. The number of aryl methyl sites for hydroxylation is 1. The Hall–Kier alpha value is -1.27. The molecule has 2 nitrogen and oxygen atoms in total. The Balaban J connectivity index is 2.94. The molecule has 54 valence electrons. The highest BCUT2D eigenvalue weighted by Gasteiger charge is 2.05. The van der Waals surface area contributed by atoms with Gasteiger partial charge >= 0.3 is 0 Å². The lowest BCUT2D eigenvalue weighted by Gasteiger charge is -1.85. The second kappa shape index (κ2) is 2.11. The van der Waals surface area contributed by atoms with Gasteiger partial charge < -0.3 is 0 Å². The standard InChI is InChI=1S/C8H6N2S/c1-3-7-6(2)9-8-10(7)4-5-11-8/h1,4-5H,2H3. The molecule has 0 N–H and O–H groups in total. The number of hydrogen-bond acceptors (Lipinski definition) is 2. The van der Waals surface area contributed by atoms with Crippen molar-refractivity contribution in [3.63, 3.8) is 0 Å². The van der Waals surface area contributed by atoms with Crippen LogP contribution in [0, 0.1) is 19.3 Å². The molecule has 0 aliphatic heterocycles. The van der Waals surface area contributed by atoms with Crippen LogP contribution in [0.15, 0.2) is 11.6 Å². The molecule has 0 aromatic carbocycles. The van der Waals surface area contributed by atoms with Crippen molar-refractivity contribution in [2.45, 2.75) is 6.92 Å². The quantitative estimate of drug-likeness (QED) is 0.539. The van der Waals surface area contributed by atoms with Crippen molar-refractivity contribution in [2.75, 3.05) is 0 Å². The van der Waals surface area contributed by atoms with Crippen molar-refractivity contribution in [1.82, 2.24) is 9.38 Å². The third-order valence-electron chi connectivity index (χ3n) is 1.57. The molecule has 0 saturated heterocycles. The first-order valence-electron chi connectivity index (χ1n) is 3.21. The number of fused-ring (bicyclic) bond motifs is 1. The fraction of sp³-hybridized carbons (Fsp3) is 0.125. The van der Waals surface area contributed by atoms with Crippen LogP contribution < -0.4 is 0 Å². The molecule has 2 heterocycles. The van der Waals surface area contributed by atoms with Gasteiger partial charge in [0.25, 0.3) is 0 Å². The summed E-state index contributed by atoms with van der Waals surface area (Å²) < 4.78 is 1.93. The first-order chi connectivity index (χ1) is 5.33. The second-order valence-corrected chi connectivity index (χ2v) is 3.12. The summed E-state index contributed by atoms with van der Waals surface area (Å²) in [5, 5.41) is 1.97.